The first kappa shape index (κ1) is 18.8. The van der Waals surface area contributed by atoms with Gasteiger partial charge in [0.05, 0.1) is 5.56 Å². The quantitative estimate of drug-likeness (QED) is 0.630. The molecule has 0 radical (unpaired) electrons. The number of benzene rings is 1. The average molecular weight is 387 g/mol. The van der Waals surface area contributed by atoms with Crippen molar-refractivity contribution in [1.29, 1.82) is 0 Å². The second kappa shape index (κ2) is 8.64. The fourth-order valence-corrected chi connectivity index (χ4v) is 2.58. The summed E-state index contributed by atoms with van der Waals surface area (Å²) in [4.78, 5) is 28.4. The minimum Gasteiger partial charge on any atom is -0.355 e. The first-order valence-corrected chi connectivity index (χ1v) is 9.02. The van der Waals surface area contributed by atoms with E-state index >= 15 is 0 Å². The monoisotopic (exact) mass is 386 g/mol. The molecule has 1 aromatic carbocycles. The van der Waals surface area contributed by atoms with Crippen LogP contribution in [-0.2, 0) is 11.3 Å². The third-order valence-corrected chi connectivity index (χ3v) is 4.18. The van der Waals surface area contributed by atoms with Crippen molar-refractivity contribution in [1.82, 2.24) is 20.0 Å². The van der Waals surface area contributed by atoms with Crippen LogP contribution in [0.15, 0.2) is 51.9 Å². The maximum Gasteiger partial charge on any atom is 0.259 e. The van der Waals surface area contributed by atoms with Crippen molar-refractivity contribution < 1.29 is 9.32 Å². The number of carbonyl (C=O) groups is 1. The van der Waals surface area contributed by atoms with Crippen LogP contribution in [0.25, 0.3) is 22.8 Å². The van der Waals surface area contributed by atoms with Crippen molar-refractivity contribution in [3.05, 3.63) is 58.0 Å². The van der Waals surface area contributed by atoms with Gasteiger partial charge in [0.2, 0.25) is 11.7 Å². The molecule has 0 aliphatic rings. The van der Waals surface area contributed by atoms with E-state index in [-0.39, 0.29) is 23.9 Å². The van der Waals surface area contributed by atoms with E-state index < -0.39 is 0 Å². The predicted octanol–water partition coefficient (Wildman–Crippen LogP) is 3.14. The number of pyridine rings is 1. The number of halogens is 1. The second-order valence-electron chi connectivity index (χ2n) is 6.02. The van der Waals surface area contributed by atoms with E-state index in [1.807, 2.05) is 6.92 Å². The van der Waals surface area contributed by atoms with Crippen LogP contribution < -0.4 is 10.9 Å². The Morgan fingerprint density at radius 3 is 2.67 bits per heavy atom. The molecule has 0 aliphatic heterocycles. The first-order chi connectivity index (χ1) is 13.1. The highest BCUT2D eigenvalue weighted by atomic mass is 35.5. The summed E-state index contributed by atoms with van der Waals surface area (Å²) in [6.45, 7) is 2.58. The molecule has 140 valence electrons. The number of nitrogens with one attached hydrogen (secondary N) is 1. The zero-order valence-electron chi connectivity index (χ0n) is 14.8. The molecule has 2 heterocycles. The van der Waals surface area contributed by atoms with E-state index in [0.29, 0.717) is 23.0 Å². The predicted molar refractivity (Wildman–Crippen MR) is 102 cm³/mol. The van der Waals surface area contributed by atoms with Crippen LogP contribution in [0, 0.1) is 0 Å². The fraction of sp³-hybridized carbons (Fsp3) is 0.263. The van der Waals surface area contributed by atoms with Gasteiger partial charge in [-0.2, -0.15) is 4.98 Å². The van der Waals surface area contributed by atoms with E-state index in [2.05, 4.69) is 15.5 Å². The Kier molecular flexibility index (Phi) is 6.03. The molecule has 0 saturated heterocycles. The van der Waals surface area contributed by atoms with E-state index in [9.17, 15) is 9.59 Å². The molecule has 0 unspecified atom stereocenters. The van der Waals surface area contributed by atoms with Crippen molar-refractivity contribution >= 4 is 17.5 Å². The number of rotatable bonds is 7. The summed E-state index contributed by atoms with van der Waals surface area (Å²) >= 11 is 5.88. The Morgan fingerprint density at radius 1 is 1.19 bits per heavy atom. The lowest BCUT2D eigenvalue weighted by molar-refractivity contribution is -0.121. The summed E-state index contributed by atoms with van der Waals surface area (Å²) in [5.74, 6) is 0.465. The molecule has 27 heavy (non-hydrogen) atoms. The van der Waals surface area contributed by atoms with Gasteiger partial charge in [0.25, 0.3) is 11.4 Å². The van der Waals surface area contributed by atoms with Crippen LogP contribution in [0.4, 0.5) is 0 Å². The molecule has 3 rings (SSSR count). The highest BCUT2D eigenvalue weighted by Crippen LogP contribution is 2.22. The van der Waals surface area contributed by atoms with Crippen LogP contribution in [-0.4, -0.2) is 27.2 Å². The van der Waals surface area contributed by atoms with E-state index in [0.717, 1.165) is 18.4 Å². The molecule has 0 saturated carbocycles. The highest BCUT2D eigenvalue weighted by Gasteiger charge is 2.13. The molecule has 0 spiro atoms. The molecule has 0 atom stereocenters. The Balaban J connectivity index is 1.78. The number of carbonyl (C=O) groups excluding carboxylic acids is 1. The third-order valence-electron chi connectivity index (χ3n) is 3.93. The third kappa shape index (κ3) is 4.83. The molecule has 0 fully saturated rings. The molecule has 1 amide bonds. The average Bonchev–Trinajstić information content (AvgIpc) is 3.14. The van der Waals surface area contributed by atoms with Gasteiger partial charge in [-0.3, -0.25) is 9.59 Å². The van der Waals surface area contributed by atoms with Gasteiger partial charge in [-0.25, -0.2) is 0 Å². The molecular weight excluding hydrogens is 368 g/mol. The van der Waals surface area contributed by atoms with Crippen molar-refractivity contribution in [2.24, 2.45) is 0 Å². The normalized spacial score (nSPS) is 10.7. The van der Waals surface area contributed by atoms with Gasteiger partial charge < -0.3 is 14.4 Å². The Labute approximate surface area is 161 Å². The van der Waals surface area contributed by atoms with Gasteiger partial charge in [0.1, 0.15) is 6.54 Å². The summed E-state index contributed by atoms with van der Waals surface area (Å²) < 4.78 is 6.63. The molecule has 0 bridgehead atoms. The summed E-state index contributed by atoms with van der Waals surface area (Å²) in [7, 11) is 0. The first-order valence-electron chi connectivity index (χ1n) is 8.64. The van der Waals surface area contributed by atoms with E-state index in [1.165, 1.54) is 10.6 Å². The maximum absolute atomic E-state index is 12.0. The van der Waals surface area contributed by atoms with E-state index in [4.69, 9.17) is 16.1 Å². The molecule has 3 aromatic rings. The lowest BCUT2D eigenvalue weighted by Crippen LogP contribution is -2.32. The van der Waals surface area contributed by atoms with Crippen molar-refractivity contribution in [2.45, 2.75) is 26.3 Å². The van der Waals surface area contributed by atoms with Crippen molar-refractivity contribution in [3.8, 4) is 22.8 Å². The van der Waals surface area contributed by atoms with Crippen LogP contribution in [0.1, 0.15) is 19.8 Å². The summed E-state index contributed by atoms with van der Waals surface area (Å²) in [6.07, 6.45) is 3.43. The van der Waals surface area contributed by atoms with Crippen molar-refractivity contribution in [2.75, 3.05) is 6.54 Å². The van der Waals surface area contributed by atoms with Crippen LogP contribution in [0.3, 0.4) is 0 Å². The lowest BCUT2D eigenvalue weighted by Gasteiger charge is -2.07. The Bertz CT molecular complexity index is 979. The molecular formula is C19H19ClN4O3. The summed E-state index contributed by atoms with van der Waals surface area (Å²) in [5, 5.41) is 7.36. The van der Waals surface area contributed by atoms with Crippen LogP contribution in [0.2, 0.25) is 5.02 Å². The van der Waals surface area contributed by atoms with Gasteiger partial charge in [0, 0.05) is 29.4 Å². The number of aromatic nitrogens is 3. The van der Waals surface area contributed by atoms with Gasteiger partial charge in [0.15, 0.2) is 0 Å². The molecule has 8 heteroatoms. The smallest absolute Gasteiger partial charge is 0.259 e. The van der Waals surface area contributed by atoms with Gasteiger partial charge in [-0.05, 0) is 36.8 Å². The SMILES string of the molecule is CCCCNC(=O)Cn1cc(-c2nc(-c3ccc(Cl)cc3)no2)ccc1=O. The minimum atomic E-state index is -0.276. The summed E-state index contributed by atoms with van der Waals surface area (Å²) in [6, 6.07) is 10.0. The Hall–Kier alpha value is -2.93. The molecule has 1 N–H and O–H groups in total. The van der Waals surface area contributed by atoms with Crippen LogP contribution in [0.5, 0.6) is 0 Å². The van der Waals surface area contributed by atoms with Gasteiger partial charge in [-0.1, -0.05) is 30.1 Å². The number of hydrogen-bond donors (Lipinski definition) is 1. The maximum atomic E-state index is 12.0. The van der Waals surface area contributed by atoms with Crippen LogP contribution >= 0.6 is 11.6 Å². The zero-order chi connectivity index (χ0) is 19.2. The number of hydrogen-bond acceptors (Lipinski definition) is 5. The van der Waals surface area contributed by atoms with Gasteiger partial charge >= 0.3 is 0 Å². The fourth-order valence-electron chi connectivity index (χ4n) is 2.45. The Morgan fingerprint density at radius 2 is 1.93 bits per heavy atom. The lowest BCUT2D eigenvalue weighted by atomic mass is 10.2. The van der Waals surface area contributed by atoms with E-state index in [1.54, 1.807) is 36.5 Å². The highest BCUT2D eigenvalue weighted by molar-refractivity contribution is 6.30. The number of nitrogens with zero attached hydrogens (tertiary/aromatic N) is 3. The topological polar surface area (TPSA) is 90.0 Å². The molecule has 7 nitrogen and oxygen atoms in total. The number of amides is 1. The summed E-state index contributed by atoms with van der Waals surface area (Å²) in [5.41, 5.74) is 1.04. The van der Waals surface area contributed by atoms with Crippen molar-refractivity contribution in [3.63, 3.8) is 0 Å². The molecule has 0 aliphatic carbocycles. The standard InChI is InChI=1S/C19H19ClN4O3/c1-2-3-10-21-16(25)12-24-11-14(6-9-17(24)26)19-22-18(23-27-19)13-4-7-15(20)8-5-13/h4-9,11H,2-3,10,12H2,1H3,(H,21,25). The second-order valence-corrected chi connectivity index (χ2v) is 6.45. The zero-order valence-corrected chi connectivity index (χ0v) is 15.6. The number of unbranched alkanes of at least 4 members (excludes halogenated alkanes) is 1. The van der Waals surface area contributed by atoms with Gasteiger partial charge in [-0.15, -0.1) is 0 Å². The minimum absolute atomic E-state index is 0.0609. The largest absolute Gasteiger partial charge is 0.355 e. The molecule has 2 aromatic heterocycles.